The third-order valence-electron chi connectivity index (χ3n) is 5.97. The van der Waals surface area contributed by atoms with Crippen LogP contribution >= 0.6 is 11.3 Å². The van der Waals surface area contributed by atoms with Crippen LogP contribution in [0.5, 0.6) is 11.5 Å². The summed E-state index contributed by atoms with van der Waals surface area (Å²) in [5.74, 6) is 0.383. The second-order valence-corrected chi connectivity index (χ2v) is 9.07. The average Bonchev–Trinajstić information content (AvgIpc) is 3.43. The van der Waals surface area contributed by atoms with Gasteiger partial charge in [-0.2, -0.15) is 0 Å². The molecule has 0 spiro atoms. The highest BCUT2D eigenvalue weighted by Crippen LogP contribution is 2.39. The second kappa shape index (κ2) is 10.3. The van der Waals surface area contributed by atoms with Gasteiger partial charge in [0.15, 0.2) is 5.13 Å². The normalized spacial score (nSPS) is 17.2. The molecule has 2 heterocycles. The number of benzene rings is 1. The molecular formula is C23H28N4O6S. The summed E-state index contributed by atoms with van der Waals surface area (Å²) < 4.78 is 15.5. The van der Waals surface area contributed by atoms with Crippen molar-refractivity contribution < 1.29 is 28.6 Å². The zero-order valence-electron chi connectivity index (χ0n) is 19.5. The van der Waals surface area contributed by atoms with E-state index in [0.29, 0.717) is 61.4 Å². The lowest BCUT2D eigenvalue weighted by molar-refractivity contribution is -0.134. The van der Waals surface area contributed by atoms with Gasteiger partial charge in [-0.1, -0.05) is 0 Å². The molecule has 10 nitrogen and oxygen atoms in total. The molecule has 1 aliphatic heterocycles. The van der Waals surface area contributed by atoms with Gasteiger partial charge in [-0.15, -0.1) is 11.3 Å². The monoisotopic (exact) mass is 488 g/mol. The molecule has 1 saturated heterocycles. The molecule has 1 aromatic carbocycles. The lowest BCUT2D eigenvalue weighted by atomic mass is 10.1. The Balaban J connectivity index is 1.41. The fourth-order valence-electron chi connectivity index (χ4n) is 4.17. The summed E-state index contributed by atoms with van der Waals surface area (Å²) in [6, 6.07) is 4.94. The Morgan fingerprint density at radius 3 is 2.32 bits per heavy atom. The van der Waals surface area contributed by atoms with E-state index in [9.17, 15) is 14.4 Å². The standard InChI is InChI=1S/C23H28N4O6S/c1-4-33-23(30)27-9-7-26(8-10-27)21(29)17-5-6-18-19(17)24-22(34-18)25-20(28)14-11-15(31-2)13-16(12-14)32-3/h11-13,17H,4-10H2,1-3H3,(H,24,25,28). The minimum Gasteiger partial charge on any atom is -0.497 e. The quantitative estimate of drug-likeness (QED) is 0.666. The summed E-state index contributed by atoms with van der Waals surface area (Å²) >= 11 is 1.40. The van der Waals surface area contributed by atoms with Crippen LogP contribution in [0.2, 0.25) is 0 Å². The number of carbonyl (C=O) groups excluding carboxylic acids is 3. The molecule has 1 aliphatic carbocycles. The molecule has 3 amide bonds. The van der Waals surface area contributed by atoms with Gasteiger partial charge in [-0.05, 0) is 31.9 Å². The number of aromatic nitrogens is 1. The highest BCUT2D eigenvalue weighted by Gasteiger charge is 2.37. The van der Waals surface area contributed by atoms with Gasteiger partial charge in [0, 0.05) is 42.7 Å². The van der Waals surface area contributed by atoms with Crippen molar-refractivity contribution in [1.29, 1.82) is 0 Å². The summed E-state index contributed by atoms with van der Waals surface area (Å²) in [5, 5.41) is 3.29. The van der Waals surface area contributed by atoms with Gasteiger partial charge < -0.3 is 24.0 Å². The molecule has 2 aromatic rings. The molecule has 1 atom stereocenters. The topological polar surface area (TPSA) is 110 Å². The molecule has 34 heavy (non-hydrogen) atoms. The van der Waals surface area contributed by atoms with Crippen molar-refractivity contribution >= 4 is 34.4 Å². The van der Waals surface area contributed by atoms with Gasteiger partial charge in [0.1, 0.15) is 11.5 Å². The minimum absolute atomic E-state index is 0.0166. The van der Waals surface area contributed by atoms with Crippen molar-refractivity contribution in [1.82, 2.24) is 14.8 Å². The molecule has 11 heteroatoms. The number of hydrogen-bond acceptors (Lipinski definition) is 8. The van der Waals surface area contributed by atoms with Crippen LogP contribution in [0.3, 0.4) is 0 Å². The third-order valence-corrected chi connectivity index (χ3v) is 7.01. The van der Waals surface area contributed by atoms with E-state index >= 15 is 0 Å². The number of nitrogens with zero attached hydrogens (tertiary/aromatic N) is 3. The Morgan fingerprint density at radius 2 is 1.71 bits per heavy atom. The molecule has 182 valence electrons. The fraction of sp³-hybridized carbons (Fsp3) is 0.478. The van der Waals surface area contributed by atoms with Crippen molar-refractivity contribution in [3.8, 4) is 11.5 Å². The van der Waals surface area contributed by atoms with Crippen LogP contribution in [-0.2, 0) is 16.0 Å². The second-order valence-electron chi connectivity index (χ2n) is 7.99. The fourth-order valence-corrected chi connectivity index (χ4v) is 5.21. The Kier molecular flexibility index (Phi) is 7.20. The van der Waals surface area contributed by atoms with Crippen LogP contribution in [0, 0.1) is 0 Å². The minimum atomic E-state index is -0.341. The maximum Gasteiger partial charge on any atom is 0.409 e. The van der Waals surface area contributed by atoms with Crippen LogP contribution in [0.25, 0.3) is 0 Å². The molecule has 1 aromatic heterocycles. The maximum absolute atomic E-state index is 13.2. The largest absolute Gasteiger partial charge is 0.497 e. The molecular weight excluding hydrogens is 460 g/mol. The summed E-state index contributed by atoms with van der Waals surface area (Å²) in [6.45, 7) is 3.94. The molecule has 0 bridgehead atoms. The lowest BCUT2D eigenvalue weighted by Crippen LogP contribution is -2.51. The van der Waals surface area contributed by atoms with Gasteiger partial charge in [0.2, 0.25) is 5.91 Å². The number of anilines is 1. The number of aryl methyl sites for hydroxylation is 1. The first-order valence-electron chi connectivity index (χ1n) is 11.2. The number of fused-ring (bicyclic) bond motifs is 1. The zero-order valence-corrected chi connectivity index (χ0v) is 20.3. The van der Waals surface area contributed by atoms with Gasteiger partial charge in [-0.25, -0.2) is 9.78 Å². The molecule has 0 radical (unpaired) electrons. The van der Waals surface area contributed by atoms with Gasteiger partial charge in [0.25, 0.3) is 5.91 Å². The van der Waals surface area contributed by atoms with Gasteiger partial charge >= 0.3 is 6.09 Å². The summed E-state index contributed by atoms with van der Waals surface area (Å²) in [6.07, 6.45) is 1.10. The van der Waals surface area contributed by atoms with Crippen LogP contribution in [-0.4, -0.2) is 79.7 Å². The van der Waals surface area contributed by atoms with Crippen LogP contribution in [0.15, 0.2) is 18.2 Å². The molecule has 4 rings (SSSR count). The first-order valence-corrected chi connectivity index (χ1v) is 12.0. The highest BCUT2D eigenvalue weighted by atomic mass is 32.1. The molecule has 1 fully saturated rings. The SMILES string of the molecule is CCOC(=O)N1CCN(C(=O)C2CCc3sc(NC(=O)c4cc(OC)cc(OC)c4)nc32)CC1. The summed E-state index contributed by atoms with van der Waals surface area (Å²) in [4.78, 5) is 46.9. The maximum atomic E-state index is 13.2. The first kappa shape index (κ1) is 23.8. The van der Waals surface area contributed by atoms with E-state index in [2.05, 4.69) is 10.3 Å². The Bertz CT molecular complexity index is 1060. The lowest BCUT2D eigenvalue weighted by Gasteiger charge is -2.35. The molecule has 1 N–H and O–H groups in total. The Hall–Kier alpha value is -3.34. The number of hydrogen-bond donors (Lipinski definition) is 1. The molecule has 2 aliphatic rings. The van der Waals surface area contributed by atoms with E-state index in [1.54, 1.807) is 34.9 Å². The summed E-state index contributed by atoms with van der Waals surface area (Å²) in [7, 11) is 3.05. The predicted molar refractivity (Wildman–Crippen MR) is 126 cm³/mol. The Labute approximate surface area is 201 Å². The van der Waals surface area contributed by atoms with Crippen molar-refractivity contribution in [3.63, 3.8) is 0 Å². The number of amides is 3. The number of carbonyl (C=O) groups is 3. The van der Waals surface area contributed by atoms with E-state index in [-0.39, 0.29) is 23.8 Å². The van der Waals surface area contributed by atoms with Crippen molar-refractivity contribution in [3.05, 3.63) is 34.3 Å². The smallest absolute Gasteiger partial charge is 0.409 e. The van der Waals surface area contributed by atoms with Crippen LogP contribution < -0.4 is 14.8 Å². The van der Waals surface area contributed by atoms with Crippen molar-refractivity contribution in [2.75, 3.05) is 52.3 Å². The molecule has 1 unspecified atom stereocenters. The van der Waals surface area contributed by atoms with E-state index in [0.717, 1.165) is 17.0 Å². The number of rotatable bonds is 6. The first-order chi connectivity index (χ1) is 16.4. The number of piperazine rings is 1. The van der Waals surface area contributed by atoms with Gasteiger partial charge in [0.05, 0.1) is 32.4 Å². The zero-order chi connectivity index (χ0) is 24.2. The van der Waals surface area contributed by atoms with Crippen molar-refractivity contribution in [2.24, 2.45) is 0 Å². The van der Waals surface area contributed by atoms with Gasteiger partial charge in [-0.3, -0.25) is 14.9 Å². The summed E-state index contributed by atoms with van der Waals surface area (Å²) in [5.41, 5.74) is 1.13. The number of thiazole rings is 1. The highest BCUT2D eigenvalue weighted by molar-refractivity contribution is 7.16. The number of ether oxygens (including phenoxy) is 3. The van der Waals surface area contributed by atoms with Crippen LogP contribution in [0.1, 0.15) is 40.2 Å². The van der Waals surface area contributed by atoms with Crippen molar-refractivity contribution in [2.45, 2.75) is 25.7 Å². The predicted octanol–water partition coefficient (Wildman–Crippen LogP) is 2.74. The van der Waals surface area contributed by atoms with Crippen LogP contribution in [0.4, 0.5) is 9.93 Å². The number of methoxy groups -OCH3 is 2. The van der Waals surface area contributed by atoms with E-state index in [4.69, 9.17) is 14.2 Å². The van der Waals surface area contributed by atoms with E-state index in [1.165, 1.54) is 25.6 Å². The van der Waals surface area contributed by atoms with E-state index < -0.39 is 0 Å². The third kappa shape index (κ3) is 4.93. The number of nitrogens with one attached hydrogen (secondary N) is 1. The van der Waals surface area contributed by atoms with E-state index in [1.807, 2.05) is 0 Å². The average molecular weight is 489 g/mol. The molecule has 0 saturated carbocycles. The Morgan fingerprint density at radius 1 is 1.06 bits per heavy atom.